The van der Waals surface area contributed by atoms with E-state index in [4.69, 9.17) is 50.0 Å². The summed E-state index contributed by atoms with van der Waals surface area (Å²) >= 11 is 30.1. The van der Waals surface area contributed by atoms with E-state index in [0.29, 0.717) is 82.2 Å². The zero-order valence-electron chi connectivity index (χ0n) is 57.8. The number of alkyl halides is 8. The second-order valence-corrected chi connectivity index (χ2v) is 27.3. The standard InChI is InChI=1S/C22H19ClF4N2O3S.C20H15ClF4N2O3S.C18H15ClFNO2S.C4H8BrNO.C2H2Br2O.C2H7N.2CH4.ClH.Li.2H2O/c1-3-32-21(31)13-5-4-6-14(9-13)33-20-12(2)29(10-17(30)28-11-22(25,26)27)19-15(20)7-8-16(23)18(19)24;1-10-18(31-12-4-2-3-11(7-12)19(29)30)13-5-6-14(21)16(22)17(13)27(10)8-15(28)26-9-20(23,24)25;1-3-23-18(22)11-5-4-6-12(9-11)24-17-10(2)21-16-13(17)7-8-14(19)15(16)20;1-2-6-4(7)3-5;3-1-2(4)5;1-2-3;;;;;;/h4-9H,3,10-11H2,1-2H3,(H,28,30);2-7H,8-9H2,1H3,(H,26,28)(H,29,30);4-9,21H,3H2,1-2H3;2-3H2,1H3,(H,6,7);1H2;2-3H2,1H3;2*1H4;1H;;2*1H2/q;;;;;;;;;+1;;/p-1. The van der Waals surface area contributed by atoms with E-state index < -0.39 is 79.7 Å². The maximum Gasteiger partial charge on any atom is 1.00 e. The van der Waals surface area contributed by atoms with Gasteiger partial charge < -0.3 is 61.3 Å². The monoisotopic (exact) mass is 1860 g/mol. The molecule has 10 N–H and O–H groups in total. The van der Waals surface area contributed by atoms with Crippen molar-refractivity contribution in [3.8, 4) is 0 Å². The maximum absolute atomic E-state index is 14.9. The Bertz CT molecular complexity index is 4510. The van der Waals surface area contributed by atoms with Gasteiger partial charge in [0.05, 0.1) is 72.2 Å². The number of halogens is 16. The Morgan fingerprint density at radius 1 is 0.560 bits per heavy atom. The third kappa shape index (κ3) is 32.9. The van der Waals surface area contributed by atoms with E-state index in [1.54, 1.807) is 117 Å². The van der Waals surface area contributed by atoms with Gasteiger partial charge in [0.2, 0.25) is 22.4 Å². The molecule has 596 valence electrons. The number of carbonyl (C=O) groups is 7. The van der Waals surface area contributed by atoms with Crippen LogP contribution in [0.25, 0.3) is 32.7 Å². The minimum Gasteiger partial charge on any atom is -0.870 e. The summed E-state index contributed by atoms with van der Waals surface area (Å²) in [6.07, 6.45) is -9.14. The zero-order chi connectivity index (χ0) is 77.2. The molecule has 0 saturated heterocycles. The second-order valence-electron chi connectivity index (χ2n) is 20.8. The van der Waals surface area contributed by atoms with Crippen LogP contribution in [0.3, 0.4) is 0 Å². The summed E-state index contributed by atoms with van der Waals surface area (Å²) in [5.74, 6) is -5.82. The molecule has 9 rings (SSSR count). The number of fused-ring (bicyclic) bond motifs is 3. The molecule has 0 aliphatic heterocycles. The SMILES string of the molecule is C.C.CCN.CCNC(=O)CBr.CCOC(=O)c1cccc(Sc2c(C)[nH]c3c(F)c(Cl)ccc23)c1.CCOC(=O)c1cccc(Sc2c(C)n(CC(=O)NCC(F)(F)F)c3c(F)c(Cl)ccc23)c1.Cc1c(Sc2cccc(C(=O)O)c2)c2ccc(Cl)c(F)c2n1CC(=O)NCC(F)(F)F.Cl.O.O=C(Br)CBr.[Li+].[OH-]. The molecular formula is C70H78Br3Cl4F9LiN7O12S3. The summed E-state index contributed by atoms with van der Waals surface area (Å²) in [4.78, 5) is 86.4. The summed E-state index contributed by atoms with van der Waals surface area (Å²) < 4.78 is 131. The van der Waals surface area contributed by atoms with Crippen molar-refractivity contribution in [3.05, 3.63) is 175 Å². The van der Waals surface area contributed by atoms with Gasteiger partial charge in [-0.2, -0.15) is 26.3 Å². The van der Waals surface area contributed by atoms with E-state index in [1.165, 1.54) is 56.9 Å². The molecule has 3 aromatic heterocycles. The number of nitrogens with zero attached hydrogens (tertiary/aromatic N) is 2. The second kappa shape index (κ2) is 51.5. The summed E-state index contributed by atoms with van der Waals surface area (Å²) in [5, 5.41) is 17.4. The van der Waals surface area contributed by atoms with Gasteiger partial charge in [0.1, 0.15) is 26.2 Å². The number of amides is 3. The van der Waals surface area contributed by atoms with Gasteiger partial charge in [0, 0.05) is 69.2 Å². The Labute approximate surface area is 694 Å². The molecule has 109 heavy (non-hydrogen) atoms. The van der Waals surface area contributed by atoms with E-state index >= 15 is 0 Å². The number of carbonyl (C=O) groups excluding carboxylic acids is 6. The van der Waals surface area contributed by atoms with E-state index in [0.717, 1.165) is 39.2 Å². The first-order valence-corrected chi connectivity index (χ1v) is 36.9. The molecule has 3 heterocycles. The molecule has 0 unspecified atom stereocenters. The third-order valence-electron chi connectivity index (χ3n) is 13.2. The molecule has 0 fully saturated rings. The van der Waals surface area contributed by atoms with E-state index in [9.17, 15) is 78.2 Å². The molecule has 39 heteroatoms. The number of nitrogens with one attached hydrogen (secondary N) is 4. The average molecular weight is 1870 g/mol. The van der Waals surface area contributed by atoms with Gasteiger partial charge >= 0.3 is 49.1 Å². The normalized spacial score (nSPS) is 10.3. The molecule has 6 aromatic carbocycles. The number of rotatable bonds is 20. The first kappa shape index (κ1) is 107. The van der Waals surface area contributed by atoms with Crippen molar-refractivity contribution in [2.75, 3.05) is 50.1 Å². The van der Waals surface area contributed by atoms with Crippen molar-refractivity contribution in [1.82, 2.24) is 30.1 Å². The molecule has 19 nitrogen and oxygen atoms in total. The van der Waals surface area contributed by atoms with Crippen LogP contribution in [0.1, 0.15) is 90.7 Å². The van der Waals surface area contributed by atoms with Crippen LogP contribution in [0.5, 0.6) is 0 Å². The number of aromatic amines is 1. The summed E-state index contributed by atoms with van der Waals surface area (Å²) in [6.45, 7) is 10.3. The van der Waals surface area contributed by atoms with Crippen LogP contribution in [0.15, 0.2) is 139 Å². The van der Waals surface area contributed by atoms with Crippen LogP contribution in [0.4, 0.5) is 39.5 Å². The fourth-order valence-electron chi connectivity index (χ4n) is 8.93. The first-order valence-electron chi connectivity index (χ1n) is 30.2. The molecule has 0 bridgehead atoms. The van der Waals surface area contributed by atoms with Crippen molar-refractivity contribution < 1.29 is 117 Å². The number of carboxylic acid groups (broad SMARTS) is 1. The Balaban J connectivity index is -0.00000138. The predicted molar refractivity (Wildman–Crippen MR) is 421 cm³/mol. The zero-order valence-corrected chi connectivity index (χ0v) is 68.1. The van der Waals surface area contributed by atoms with Gasteiger partial charge in [-0.05, 0) is 155 Å². The fourth-order valence-corrected chi connectivity index (χ4v) is 12.8. The van der Waals surface area contributed by atoms with Gasteiger partial charge in [-0.1, -0.05) is 142 Å². The minimum atomic E-state index is -4.58. The van der Waals surface area contributed by atoms with Gasteiger partial charge in [-0.25, -0.2) is 27.6 Å². The number of hydrogen-bond acceptors (Lipinski definition) is 14. The van der Waals surface area contributed by atoms with Gasteiger partial charge in [0.15, 0.2) is 17.5 Å². The van der Waals surface area contributed by atoms with E-state index in [2.05, 4.69) is 58.1 Å². The van der Waals surface area contributed by atoms with Crippen molar-refractivity contribution in [3.63, 3.8) is 0 Å². The van der Waals surface area contributed by atoms with Crippen molar-refractivity contribution in [2.45, 2.75) is 118 Å². The molecule has 9 aromatic rings. The number of hydrogen-bond donors (Lipinski definition) is 6. The number of H-pyrrole nitrogens is 1. The van der Waals surface area contributed by atoms with Crippen molar-refractivity contribution >= 4 is 203 Å². The Kier molecular flexibility index (Phi) is 50.6. The number of aromatic carboxylic acids is 1. The molecule has 0 spiro atoms. The molecule has 0 aliphatic rings. The molecular weight excluding hydrogens is 1790 g/mol. The van der Waals surface area contributed by atoms with Crippen molar-refractivity contribution in [2.24, 2.45) is 5.73 Å². The van der Waals surface area contributed by atoms with E-state index in [-0.39, 0.29) is 112 Å². The number of esters is 2. The van der Waals surface area contributed by atoms with Crippen LogP contribution >= 0.6 is 130 Å². The number of aryl methyl sites for hydroxylation is 1. The first-order chi connectivity index (χ1) is 48.5. The summed E-state index contributed by atoms with van der Waals surface area (Å²) in [5.41, 5.74) is 7.84. The largest absolute Gasteiger partial charge is 1.00 e. The minimum absolute atomic E-state index is 0. The van der Waals surface area contributed by atoms with E-state index in [1.807, 2.05) is 26.8 Å². The maximum atomic E-state index is 14.9. The number of ether oxygens (including phenoxy) is 2. The molecule has 0 aliphatic carbocycles. The Hall–Kier alpha value is -6.07. The topological polar surface area (TPSA) is 307 Å². The molecule has 0 saturated carbocycles. The van der Waals surface area contributed by atoms with Gasteiger partial charge in [0.25, 0.3) is 0 Å². The average Bonchev–Trinajstić information content (AvgIpc) is 1.62. The smallest absolute Gasteiger partial charge is 0.870 e. The van der Waals surface area contributed by atoms with Gasteiger partial charge in [-0.3, -0.25) is 19.2 Å². The quantitative estimate of drug-likeness (QED) is 0.0136. The molecule has 0 atom stereocenters. The van der Waals surface area contributed by atoms with Crippen molar-refractivity contribution in [1.29, 1.82) is 0 Å². The fraction of sp³-hybridized carbons (Fsp3) is 0.300. The summed E-state index contributed by atoms with van der Waals surface area (Å²) in [7, 11) is 0. The predicted octanol–water partition coefficient (Wildman–Crippen LogP) is 16.1. The van der Waals surface area contributed by atoms with Crippen LogP contribution in [-0.2, 0) is 41.7 Å². The number of aromatic nitrogens is 3. The number of carboxylic acids is 1. The van der Waals surface area contributed by atoms with Gasteiger partial charge in [-0.15, -0.1) is 12.4 Å². The summed E-state index contributed by atoms with van der Waals surface area (Å²) in [6, 6.07) is 29.1. The van der Waals surface area contributed by atoms with Crippen LogP contribution in [0.2, 0.25) is 15.1 Å². The molecule has 3 amide bonds. The number of nitrogens with two attached hydrogens (primary N) is 1. The van der Waals surface area contributed by atoms with Crippen LogP contribution in [-0.4, -0.2) is 133 Å². The van der Waals surface area contributed by atoms with Crippen LogP contribution in [0, 0.1) is 38.2 Å². The number of benzene rings is 6. The van der Waals surface area contributed by atoms with Crippen LogP contribution < -0.4 is 40.5 Å². The third-order valence-corrected chi connectivity index (χ3v) is 19.8. The molecule has 0 radical (unpaired) electrons. The Morgan fingerprint density at radius 3 is 1.22 bits per heavy atom. The Morgan fingerprint density at radius 2 is 0.899 bits per heavy atom.